The fraction of sp³-hybridized carbons (Fsp3) is 0.353. The van der Waals surface area contributed by atoms with Crippen LogP contribution in [0.2, 0.25) is 0 Å². The molecule has 0 atom stereocenters. The molecule has 1 aliphatic carbocycles. The molecule has 1 aromatic heterocycles. The lowest BCUT2D eigenvalue weighted by atomic mass is 9.89. The van der Waals surface area contributed by atoms with Crippen molar-refractivity contribution in [3.8, 4) is 11.3 Å². The number of benzene rings is 1. The maximum absolute atomic E-state index is 12.1. The van der Waals surface area contributed by atoms with Crippen molar-refractivity contribution in [1.82, 2.24) is 4.98 Å². The van der Waals surface area contributed by atoms with E-state index in [2.05, 4.69) is 37.0 Å². The fourth-order valence-corrected chi connectivity index (χ4v) is 3.22. The lowest BCUT2D eigenvalue weighted by Crippen LogP contribution is -2.09. The van der Waals surface area contributed by atoms with Gasteiger partial charge in [-0.3, -0.25) is 4.79 Å². The minimum absolute atomic E-state index is 0.297. The van der Waals surface area contributed by atoms with Crippen molar-refractivity contribution in [1.29, 1.82) is 0 Å². The Morgan fingerprint density at radius 1 is 1.00 bits per heavy atom. The average molecular weight is 253 g/mol. The fourth-order valence-electron chi connectivity index (χ4n) is 3.22. The predicted octanol–water partition coefficient (Wildman–Crippen LogP) is 4.13. The Kier molecular flexibility index (Phi) is 2.81. The summed E-state index contributed by atoms with van der Waals surface area (Å²) in [5.41, 5.74) is 8.06. The number of ketones is 1. The van der Waals surface area contributed by atoms with Crippen molar-refractivity contribution in [2.75, 3.05) is 0 Å². The van der Waals surface area contributed by atoms with Crippen LogP contribution in [0.15, 0.2) is 18.2 Å². The van der Waals surface area contributed by atoms with Crippen LogP contribution in [0.3, 0.4) is 0 Å². The number of carbonyl (C=O) groups is 1. The van der Waals surface area contributed by atoms with Crippen LogP contribution >= 0.6 is 0 Å². The maximum atomic E-state index is 12.1. The molecule has 0 amide bonds. The van der Waals surface area contributed by atoms with Gasteiger partial charge in [-0.05, 0) is 56.9 Å². The molecule has 2 aromatic rings. The number of nitrogens with one attached hydrogen (secondary N) is 1. The number of H-pyrrole nitrogens is 1. The summed E-state index contributed by atoms with van der Waals surface area (Å²) >= 11 is 0. The van der Waals surface area contributed by atoms with Crippen LogP contribution in [-0.4, -0.2) is 10.8 Å². The van der Waals surface area contributed by atoms with E-state index in [1.807, 2.05) is 6.92 Å². The Labute approximate surface area is 113 Å². The van der Waals surface area contributed by atoms with E-state index >= 15 is 0 Å². The van der Waals surface area contributed by atoms with Gasteiger partial charge in [0.2, 0.25) is 0 Å². The third kappa shape index (κ3) is 2.01. The second kappa shape index (κ2) is 4.37. The number of aromatic amines is 1. The van der Waals surface area contributed by atoms with Crippen LogP contribution in [0, 0.1) is 20.8 Å². The summed E-state index contributed by atoms with van der Waals surface area (Å²) < 4.78 is 0. The number of carbonyl (C=O) groups excluding carboxylic acids is 1. The lowest BCUT2D eigenvalue weighted by molar-refractivity contribution is 0.0972. The quantitative estimate of drug-likeness (QED) is 0.814. The highest BCUT2D eigenvalue weighted by molar-refractivity contribution is 6.01. The summed E-state index contributed by atoms with van der Waals surface area (Å²) in [7, 11) is 0. The first-order valence-electron chi connectivity index (χ1n) is 6.89. The van der Waals surface area contributed by atoms with Crippen LogP contribution in [0.5, 0.6) is 0 Å². The van der Waals surface area contributed by atoms with Crippen molar-refractivity contribution < 1.29 is 4.79 Å². The largest absolute Gasteiger partial charge is 0.358 e. The Balaban J connectivity index is 2.21. The van der Waals surface area contributed by atoms with E-state index in [0.717, 1.165) is 29.8 Å². The Hall–Kier alpha value is -1.83. The van der Waals surface area contributed by atoms with Crippen LogP contribution < -0.4 is 0 Å². The third-order valence-corrected chi connectivity index (χ3v) is 3.91. The first kappa shape index (κ1) is 12.2. The van der Waals surface area contributed by atoms with Gasteiger partial charge in [-0.2, -0.15) is 0 Å². The third-order valence-electron chi connectivity index (χ3n) is 3.91. The van der Waals surface area contributed by atoms with E-state index < -0.39 is 0 Å². The van der Waals surface area contributed by atoms with Gasteiger partial charge in [0, 0.05) is 23.4 Å². The smallest absolute Gasteiger partial charge is 0.164 e. The molecule has 0 saturated heterocycles. The van der Waals surface area contributed by atoms with Gasteiger partial charge in [0.05, 0.1) is 0 Å². The lowest BCUT2D eigenvalue weighted by Gasteiger charge is -2.13. The second-order valence-corrected chi connectivity index (χ2v) is 5.63. The number of rotatable bonds is 1. The summed E-state index contributed by atoms with van der Waals surface area (Å²) in [5, 5.41) is 0. The van der Waals surface area contributed by atoms with E-state index in [-0.39, 0.29) is 0 Å². The SMILES string of the molecule is Cc1cc(C)cc(-c2[nH]c(C)c3c2CCCC3=O)c1. The normalized spacial score (nSPS) is 14.6. The molecule has 2 nitrogen and oxygen atoms in total. The minimum Gasteiger partial charge on any atom is -0.358 e. The molecule has 2 heteroatoms. The highest BCUT2D eigenvalue weighted by atomic mass is 16.1. The first-order valence-corrected chi connectivity index (χ1v) is 6.89. The number of Topliss-reactive ketones (excluding diaryl/α,β-unsaturated/α-hetero) is 1. The molecular weight excluding hydrogens is 234 g/mol. The molecule has 19 heavy (non-hydrogen) atoms. The molecule has 3 rings (SSSR count). The van der Waals surface area contributed by atoms with Gasteiger partial charge in [-0.25, -0.2) is 0 Å². The van der Waals surface area contributed by atoms with Crippen molar-refractivity contribution in [2.45, 2.75) is 40.0 Å². The van der Waals surface area contributed by atoms with Crippen LogP contribution in [0.1, 0.15) is 45.6 Å². The van der Waals surface area contributed by atoms with Gasteiger partial charge in [0.25, 0.3) is 0 Å². The summed E-state index contributed by atoms with van der Waals surface area (Å²) in [6, 6.07) is 6.56. The van der Waals surface area contributed by atoms with Crippen molar-refractivity contribution in [2.24, 2.45) is 0 Å². The molecule has 1 aliphatic rings. The molecule has 0 unspecified atom stereocenters. The summed E-state index contributed by atoms with van der Waals surface area (Å²) in [5.74, 6) is 0.297. The van der Waals surface area contributed by atoms with E-state index in [9.17, 15) is 4.79 Å². The molecule has 1 aromatic carbocycles. The van der Waals surface area contributed by atoms with Gasteiger partial charge in [-0.15, -0.1) is 0 Å². The molecular formula is C17H19NO. The minimum atomic E-state index is 0.297. The monoisotopic (exact) mass is 253 g/mol. The van der Waals surface area contributed by atoms with Gasteiger partial charge in [0.15, 0.2) is 5.78 Å². The number of fused-ring (bicyclic) bond motifs is 1. The molecule has 0 fully saturated rings. The number of aryl methyl sites for hydroxylation is 3. The average Bonchev–Trinajstić information content (AvgIpc) is 2.67. The number of hydrogen-bond acceptors (Lipinski definition) is 1. The maximum Gasteiger partial charge on any atom is 0.164 e. The molecule has 0 aliphatic heterocycles. The molecule has 0 bridgehead atoms. The molecule has 0 saturated carbocycles. The number of hydrogen-bond donors (Lipinski definition) is 1. The first-order chi connectivity index (χ1) is 9.06. The Bertz CT molecular complexity index is 644. The van der Waals surface area contributed by atoms with Crippen LogP contribution in [0.25, 0.3) is 11.3 Å². The van der Waals surface area contributed by atoms with Crippen LogP contribution in [0.4, 0.5) is 0 Å². The standard InChI is InChI=1S/C17H19NO/c1-10-7-11(2)9-13(8-10)17-14-5-4-6-15(19)16(14)12(3)18-17/h7-9,18H,4-6H2,1-3H3. The molecule has 1 heterocycles. The van der Waals surface area contributed by atoms with Gasteiger partial charge in [-0.1, -0.05) is 17.2 Å². The van der Waals surface area contributed by atoms with E-state index in [1.165, 1.54) is 22.3 Å². The second-order valence-electron chi connectivity index (χ2n) is 5.63. The Morgan fingerprint density at radius 2 is 1.68 bits per heavy atom. The summed E-state index contributed by atoms with van der Waals surface area (Å²) in [4.78, 5) is 15.5. The molecule has 0 radical (unpaired) electrons. The molecule has 0 spiro atoms. The van der Waals surface area contributed by atoms with Gasteiger partial charge >= 0.3 is 0 Å². The summed E-state index contributed by atoms with van der Waals surface area (Å²) in [6.45, 7) is 6.24. The number of aromatic nitrogens is 1. The van der Waals surface area contributed by atoms with E-state index in [1.54, 1.807) is 0 Å². The highest BCUT2D eigenvalue weighted by Crippen LogP contribution is 2.34. The van der Waals surface area contributed by atoms with Crippen molar-refractivity contribution in [3.63, 3.8) is 0 Å². The van der Waals surface area contributed by atoms with Gasteiger partial charge < -0.3 is 4.98 Å². The highest BCUT2D eigenvalue weighted by Gasteiger charge is 2.25. The molecule has 1 N–H and O–H groups in total. The summed E-state index contributed by atoms with van der Waals surface area (Å²) in [6.07, 6.45) is 2.67. The van der Waals surface area contributed by atoms with Gasteiger partial charge in [0.1, 0.15) is 0 Å². The van der Waals surface area contributed by atoms with Crippen LogP contribution in [-0.2, 0) is 6.42 Å². The van der Waals surface area contributed by atoms with E-state index in [0.29, 0.717) is 12.2 Å². The van der Waals surface area contributed by atoms with Crippen molar-refractivity contribution >= 4 is 5.78 Å². The Morgan fingerprint density at radius 3 is 2.37 bits per heavy atom. The zero-order chi connectivity index (χ0) is 13.6. The molecule has 98 valence electrons. The van der Waals surface area contributed by atoms with E-state index in [4.69, 9.17) is 0 Å². The predicted molar refractivity (Wildman–Crippen MR) is 77.7 cm³/mol. The zero-order valence-electron chi connectivity index (χ0n) is 11.8. The zero-order valence-corrected chi connectivity index (χ0v) is 11.8. The van der Waals surface area contributed by atoms with Crippen molar-refractivity contribution in [3.05, 3.63) is 46.1 Å². The topological polar surface area (TPSA) is 32.9 Å².